The van der Waals surface area contributed by atoms with Gasteiger partial charge in [0.2, 0.25) is 5.91 Å². The molecule has 0 saturated carbocycles. The minimum Gasteiger partial charge on any atom is -0.461 e. The van der Waals surface area contributed by atoms with E-state index < -0.39 is 11.5 Å². The molecule has 30 heavy (non-hydrogen) atoms. The number of piperidine rings is 1. The molecule has 9 heteroatoms. The second-order valence-electron chi connectivity index (χ2n) is 8.45. The number of aromatic nitrogens is 1. The predicted molar refractivity (Wildman–Crippen MR) is 106 cm³/mol. The van der Waals surface area contributed by atoms with Gasteiger partial charge in [-0.15, -0.1) is 0 Å². The second-order valence-corrected chi connectivity index (χ2v) is 8.45. The lowest BCUT2D eigenvalue weighted by atomic mass is 9.76. The Labute approximate surface area is 175 Å². The van der Waals surface area contributed by atoms with Gasteiger partial charge in [-0.1, -0.05) is 6.07 Å². The summed E-state index contributed by atoms with van der Waals surface area (Å²) in [6.45, 7) is 3.18. The van der Waals surface area contributed by atoms with E-state index in [1.165, 1.54) is 4.90 Å². The van der Waals surface area contributed by atoms with Gasteiger partial charge in [0, 0.05) is 38.8 Å². The predicted octanol–water partition coefficient (Wildman–Crippen LogP) is 0.890. The van der Waals surface area contributed by atoms with Crippen molar-refractivity contribution in [2.45, 2.75) is 31.9 Å². The van der Waals surface area contributed by atoms with Crippen molar-refractivity contribution >= 4 is 18.0 Å². The smallest absolute Gasteiger partial charge is 0.410 e. The first kappa shape index (κ1) is 20.6. The van der Waals surface area contributed by atoms with E-state index in [-0.39, 0.29) is 24.5 Å². The first-order valence-corrected chi connectivity index (χ1v) is 10.4. The van der Waals surface area contributed by atoms with E-state index in [9.17, 15) is 14.4 Å². The Bertz CT molecular complexity index is 794. The van der Waals surface area contributed by atoms with Gasteiger partial charge in [0.05, 0.1) is 17.7 Å². The number of carbonyl (C=O) groups excluding carboxylic acids is 3. The molecule has 0 aliphatic carbocycles. The summed E-state index contributed by atoms with van der Waals surface area (Å²) in [6.07, 6.45) is 3.07. The number of likely N-dealkylation sites (N-methyl/N-ethyl adjacent to an activating group) is 1. The molecule has 0 aromatic carbocycles. The van der Waals surface area contributed by atoms with Crippen LogP contribution in [0.5, 0.6) is 0 Å². The highest BCUT2D eigenvalue weighted by Crippen LogP contribution is 2.43. The molecule has 9 nitrogen and oxygen atoms in total. The normalized spacial score (nSPS) is 23.2. The number of hydrogen-bond acceptors (Lipinski definition) is 7. The van der Waals surface area contributed by atoms with Crippen LogP contribution in [-0.2, 0) is 25.6 Å². The lowest BCUT2D eigenvalue weighted by molar-refractivity contribution is -0.152. The van der Waals surface area contributed by atoms with Gasteiger partial charge in [-0.05, 0) is 32.0 Å². The van der Waals surface area contributed by atoms with Crippen LogP contribution in [0.4, 0.5) is 4.79 Å². The van der Waals surface area contributed by atoms with Crippen molar-refractivity contribution in [3.05, 3.63) is 30.1 Å². The standard InChI is InChI=1S/C21H28N4O5/c1-23(13-16-4-2-3-7-22-16)14-17-12-21(19(27)30-17)5-8-24(9-6-21)18(26)15-25-10-11-29-20(25)28/h2-4,7,17H,5-6,8-15H2,1H3. The molecule has 1 aromatic rings. The highest BCUT2D eigenvalue weighted by atomic mass is 16.6. The zero-order valence-corrected chi connectivity index (χ0v) is 17.3. The molecule has 3 saturated heterocycles. The Kier molecular flexibility index (Phi) is 5.90. The van der Waals surface area contributed by atoms with Crippen LogP contribution in [0.2, 0.25) is 0 Å². The summed E-state index contributed by atoms with van der Waals surface area (Å²) in [5.41, 5.74) is 0.479. The van der Waals surface area contributed by atoms with Gasteiger partial charge >= 0.3 is 12.1 Å². The number of rotatable bonds is 6. The van der Waals surface area contributed by atoms with Gasteiger partial charge in [0.25, 0.3) is 0 Å². The van der Waals surface area contributed by atoms with Crippen molar-refractivity contribution in [2.24, 2.45) is 5.41 Å². The Hall–Kier alpha value is -2.68. The van der Waals surface area contributed by atoms with Crippen LogP contribution < -0.4 is 0 Å². The number of hydrogen-bond donors (Lipinski definition) is 0. The summed E-state index contributed by atoms with van der Waals surface area (Å²) in [5, 5.41) is 0. The van der Waals surface area contributed by atoms with Gasteiger partial charge in [0.15, 0.2) is 0 Å². The lowest BCUT2D eigenvalue weighted by Gasteiger charge is -2.37. The summed E-state index contributed by atoms with van der Waals surface area (Å²) in [6, 6.07) is 5.83. The lowest BCUT2D eigenvalue weighted by Crippen LogP contribution is -2.48. The summed E-state index contributed by atoms with van der Waals surface area (Å²) in [7, 11) is 2.00. The van der Waals surface area contributed by atoms with Gasteiger partial charge in [-0.3, -0.25) is 24.4 Å². The molecule has 0 bridgehead atoms. The zero-order valence-electron chi connectivity index (χ0n) is 17.3. The van der Waals surface area contributed by atoms with Crippen LogP contribution in [0.25, 0.3) is 0 Å². The molecular formula is C21H28N4O5. The van der Waals surface area contributed by atoms with Gasteiger partial charge in [0.1, 0.15) is 19.3 Å². The molecule has 0 N–H and O–H groups in total. The van der Waals surface area contributed by atoms with Crippen molar-refractivity contribution in [3.8, 4) is 0 Å². The van der Waals surface area contributed by atoms with Crippen molar-refractivity contribution in [1.29, 1.82) is 0 Å². The molecule has 4 heterocycles. The quantitative estimate of drug-likeness (QED) is 0.636. The number of cyclic esters (lactones) is 2. The molecule has 3 fully saturated rings. The van der Waals surface area contributed by atoms with Crippen LogP contribution in [0.1, 0.15) is 25.0 Å². The Morgan fingerprint density at radius 3 is 2.73 bits per heavy atom. The molecule has 162 valence electrons. The summed E-state index contributed by atoms with van der Waals surface area (Å²) < 4.78 is 10.6. The minimum atomic E-state index is -0.500. The fraction of sp³-hybridized carbons (Fsp3) is 0.619. The Morgan fingerprint density at radius 2 is 2.07 bits per heavy atom. The monoisotopic (exact) mass is 416 g/mol. The molecule has 1 atom stereocenters. The van der Waals surface area contributed by atoms with E-state index in [1.54, 1.807) is 11.1 Å². The molecule has 2 amide bonds. The summed E-state index contributed by atoms with van der Waals surface area (Å²) in [4.78, 5) is 46.4. The number of likely N-dealkylation sites (tertiary alicyclic amines) is 1. The SMILES string of the molecule is CN(Cc1ccccn1)CC1CC2(CCN(C(=O)CN3CCOC3=O)CC2)C(=O)O1. The number of ether oxygens (including phenoxy) is 2. The fourth-order valence-corrected chi connectivity index (χ4v) is 4.54. The molecule has 1 aromatic heterocycles. The number of esters is 1. The highest BCUT2D eigenvalue weighted by Gasteiger charge is 2.51. The Balaban J connectivity index is 1.27. The number of nitrogens with zero attached hydrogens (tertiary/aromatic N) is 4. The van der Waals surface area contributed by atoms with Crippen LogP contribution in [0.3, 0.4) is 0 Å². The van der Waals surface area contributed by atoms with Crippen molar-refractivity contribution < 1.29 is 23.9 Å². The first-order valence-electron chi connectivity index (χ1n) is 10.4. The molecule has 1 unspecified atom stereocenters. The van der Waals surface area contributed by atoms with Crippen molar-refractivity contribution in [3.63, 3.8) is 0 Å². The van der Waals surface area contributed by atoms with E-state index in [2.05, 4.69) is 9.88 Å². The summed E-state index contributed by atoms with van der Waals surface area (Å²) >= 11 is 0. The van der Waals surface area contributed by atoms with Crippen LogP contribution in [-0.4, -0.2) is 90.1 Å². The van der Waals surface area contributed by atoms with Crippen LogP contribution >= 0.6 is 0 Å². The highest BCUT2D eigenvalue weighted by molar-refractivity contribution is 5.84. The fourth-order valence-electron chi connectivity index (χ4n) is 4.54. The molecule has 3 aliphatic rings. The molecule has 0 radical (unpaired) electrons. The van der Waals surface area contributed by atoms with Crippen LogP contribution in [0.15, 0.2) is 24.4 Å². The van der Waals surface area contributed by atoms with E-state index in [0.29, 0.717) is 58.6 Å². The maximum Gasteiger partial charge on any atom is 0.410 e. The van der Waals surface area contributed by atoms with Crippen molar-refractivity contribution in [2.75, 3.05) is 46.4 Å². The Morgan fingerprint density at radius 1 is 1.27 bits per heavy atom. The average molecular weight is 416 g/mol. The topological polar surface area (TPSA) is 92.3 Å². The number of amides is 2. The third-order valence-corrected chi connectivity index (χ3v) is 6.24. The third-order valence-electron chi connectivity index (χ3n) is 6.24. The maximum atomic E-state index is 12.7. The first-order chi connectivity index (χ1) is 14.4. The maximum absolute atomic E-state index is 12.7. The van der Waals surface area contributed by atoms with E-state index in [0.717, 1.165) is 5.69 Å². The van der Waals surface area contributed by atoms with Gasteiger partial charge < -0.3 is 14.4 Å². The summed E-state index contributed by atoms with van der Waals surface area (Å²) in [5.74, 6) is -0.240. The largest absolute Gasteiger partial charge is 0.461 e. The molecular weight excluding hydrogens is 388 g/mol. The molecule has 1 spiro atoms. The van der Waals surface area contributed by atoms with E-state index >= 15 is 0 Å². The van der Waals surface area contributed by atoms with E-state index in [1.807, 2.05) is 25.2 Å². The van der Waals surface area contributed by atoms with Crippen LogP contribution in [0, 0.1) is 5.41 Å². The van der Waals surface area contributed by atoms with Gasteiger partial charge in [-0.2, -0.15) is 0 Å². The minimum absolute atomic E-state index is 0.0389. The number of pyridine rings is 1. The second kappa shape index (κ2) is 8.59. The number of carbonyl (C=O) groups is 3. The molecule has 3 aliphatic heterocycles. The van der Waals surface area contributed by atoms with Gasteiger partial charge in [-0.25, -0.2) is 4.79 Å². The average Bonchev–Trinajstić information content (AvgIpc) is 3.25. The van der Waals surface area contributed by atoms with E-state index in [4.69, 9.17) is 9.47 Å². The van der Waals surface area contributed by atoms with Crippen molar-refractivity contribution in [1.82, 2.24) is 19.7 Å². The zero-order chi connectivity index (χ0) is 21.1. The third kappa shape index (κ3) is 4.40. The molecule has 4 rings (SSSR count).